The van der Waals surface area contributed by atoms with Gasteiger partial charge in [0, 0.05) is 0 Å². The van der Waals surface area contributed by atoms with Crippen molar-refractivity contribution in [2.24, 2.45) is 5.73 Å². The minimum Gasteiger partial charge on any atom is -0.481 e. The van der Waals surface area contributed by atoms with Crippen molar-refractivity contribution in [3.8, 4) is 0 Å². The first kappa shape index (κ1) is 8.80. The van der Waals surface area contributed by atoms with Crippen LogP contribution in [0.5, 0.6) is 0 Å². The summed E-state index contributed by atoms with van der Waals surface area (Å²) >= 11 is 0. The van der Waals surface area contributed by atoms with Crippen LogP contribution in [0.4, 0.5) is 0 Å². The lowest BCUT2D eigenvalue weighted by atomic mass is 10.0. The van der Waals surface area contributed by atoms with Gasteiger partial charge in [-0.25, -0.2) is 0 Å². The largest absolute Gasteiger partial charge is 0.481 e. The number of carboxylic acid groups (broad SMARTS) is 1. The van der Waals surface area contributed by atoms with E-state index in [1.54, 1.807) is 12.1 Å². The summed E-state index contributed by atoms with van der Waals surface area (Å²) in [6.45, 7) is 0.345. The highest BCUT2D eigenvalue weighted by Crippen LogP contribution is 2.19. The summed E-state index contributed by atoms with van der Waals surface area (Å²) in [5.74, 6) is -1.03. The third kappa shape index (κ3) is 1.85. The molecule has 1 rings (SSSR count). The highest BCUT2D eigenvalue weighted by molar-refractivity contribution is 5.75. The summed E-state index contributed by atoms with van der Waals surface area (Å²) in [4.78, 5) is 10.7. The molecule has 0 radical (unpaired) electrons. The van der Waals surface area contributed by atoms with Gasteiger partial charge in [0.15, 0.2) is 0 Å². The first-order valence-electron chi connectivity index (χ1n) is 3.72. The third-order valence-corrected chi connectivity index (χ3v) is 1.64. The third-order valence-electron chi connectivity index (χ3n) is 1.64. The van der Waals surface area contributed by atoms with Crippen molar-refractivity contribution in [2.45, 2.75) is 12.3 Å². The maximum Gasteiger partial charge on any atom is 0.314 e. The molecule has 66 valence electrons. The number of carboxylic acids is 1. The van der Waals surface area contributed by atoms with Crippen molar-refractivity contribution in [1.82, 2.24) is 0 Å². The molecule has 1 aromatic heterocycles. The Bertz CT molecular complexity index is 243. The molecule has 0 fully saturated rings. The summed E-state index contributed by atoms with van der Waals surface area (Å²) < 4.78 is 4.97. The second-order valence-electron chi connectivity index (χ2n) is 2.48. The summed E-state index contributed by atoms with van der Waals surface area (Å²) in [7, 11) is 0. The molecular formula is C8H11NO3. The molecule has 4 heteroatoms. The quantitative estimate of drug-likeness (QED) is 0.698. The molecule has 0 bridgehead atoms. The molecule has 0 spiro atoms. The van der Waals surface area contributed by atoms with Crippen LogP contribution in [0.15, 0.2) is 22.8 Å². The number of aliphatic carboxylic acids is 1. The van der Waals surface area contributed by atoms with Crippen LogP contribution in [0.3, 0.4) is 0 Å². The van der Waals surface area contributed by atoms with Gasteiger partial charge in [-0.1, -0.05) is 0 Å². The molecule has 0 saturated carbocycles. The smallest absolute Gasteiger partial charge is 0.314 e. The Hall–Kier alpha value is -1.29. The lowest BCUT2D eigenvalue weighted by molar-refractivity contribution is -0.139. The van der Waals surface area contributed by atoms with Crippen LogP contribution in [0, 0.1) is 0 Å². The number of nitrogens with two attached hydrogens (primary N) is 1. The number of hydrogen-bond donors (Lipinski definition) is 2. The fourth-order valence-electron chi connectivity index (χ4n) is 1.04. The first-order chi connectivity index (χ1) is 5.75. The van der Waals surface area contributed by atoms with Gasteiger partial charge in [0.05, 0.1) is 6.26 Å². The predicted octanol–water partition coefficient (Wildman–Crippen LogP) is 0.797. The Morgan fingerprint density at radius 3 is 2.92 bits per heavy atom. The van der Waals surface area contributed by atoms with E-state index in [2.05, 4.69) is 0 Å². The van der Waals surface area contributed by atoms with Crippen molar-refractivity contribution in [2.75, 3.05) is 6.54 Å². The number of furan rings is 1. The maximum absolute atomic E-state index is 10.7. The monoisotopic (exact) mass is 169 g/mol. The second-order valence-corrected chi connectivity index (χ2v) is 2.48. The van der Waals surface area contributed by atoms with Crippen LogP contribution in [0.1, 0.15) is 18.1 Å². The van der Waals surface area contributed by atoms with E-state index in [1.807, 2.05) is 0 Å². The Labute approximate surface area is 70.0 Å². The summed E-state index contributed by atoms with van der Waals surface area (Å²) in [6.07, 6.45) is 1.87. The summed E-state index contributed by atoms with van der Waals surface area (Å²) in [5, 5.41) is 8.76. The Balaban J connectivity index is 2.73. The normalized spacial score (nSPS) is 12.8. The Morgan fingerprint density at radius 2 is 2.50 bits per heavy atom. The molecule has 4 nitrogen and oxygen atoms in total. The molecule has 0 aliphatic heterocycles. The van der Waals surface area contributed by atoms with Gasteiger partial charge in [-0.2, -0.15) is 0 Å². The summed E-state index contributed by atoms with van der Waals surface area (Å²) in [6, 6.07) is 3.32. The van der Waals surface area contributed by atoms with Gasteiger partial charge in [0.25, 0.3) is 0 Å². The summed E-state index contributed by atoms with van der Waals surface area (Å²) in [5.41, 5.74) is 5.27. The molecule has 0 aliphatic carbocycles. The van der Waals surface area contributed by atoms with Crippen molar-refractivity contribution in [3.05, 3.63) is 24.2 Å². The fourth-order valence-corrected chi connectivity index (χ4v) is 1.04. The number of rotatable bonds is 4. The Kier molecular flexibility index (Phi) is 2.88. The number of carbonyl (C=O) groups is 1. The molecule has 0 saturated heterocycles. The Morgan fingerprint density at radius 1 is 1.75 bits per heavy atom. The van der Waals surface area contributed by atoms with Crippen LogP contribution >= 0.6 is 0 Å². The molecule has 3 N–H and O–H groups in total. The van der Waals surface area contributed by atoms with E-state index in [0.717, 1.165) is 0 Å². The van der Waals surface area contributed by atoms with E-state index < -0.39 is 11.9 Å². The zero-order valence-electron chi connectivity index (χ0n) is 6.56. The van der Waals surface area contributed by atoms with E-state index in [-0.39, 0.29) is 0 Å². The predicted molar refractivity (Wildman–Crippen MR) is 42.8 cm³/mol. The van der Waals surface area contributed by atoms with E-state index in [0.29, 0.717) is 18.7 Å². The lowest BCUT2D eigenvalue weighted by Gasteiger charge is -2.06. The van der Waals surface area contributed by atoms with Gasteiger partial charge in [-0.3, -0.25) is 4.79 Å². The SMILES string of the molecule is NCCC(C(=O)O)c1ccco1. The molecular weight excluding hydrogens is 158 g/mol. The van der Waals surface area contributed by atoms with E-state index in [1.165, 1.54) is 6.26 Å². The van der Waals surface area contributed by atoms with Crippen LogP contribution in [0.25, 0.3) is 0 Å². The molecule has 1 unspecified atom stereocenters. The van der Waals surface area contributed by atoms with Crippen molar-refractivity contribution < 1.29 is 14.3 Å². The van der Waals surface area contributed by atoms with Crippen LogP contribution in [0.2, 0.25) is 0 Å². The molecule has 0 aliphatic rings. The average Bonchev–Trinajstić information content (AvgIpc) is 2.51. The van der Waals surface area contributed by atoms with Gasteiger partial charge in [-0.15, -0.1) is 0 Å². The minimum atomic E-state index is -0.893. The van der Waals surface area contributed by atoms with Gasteiger partial charge in [-0.05, 0) is 25.1 Å². The zero-order valence-corrected chi connectivity index (χ0v) is 6.56. The molecule has 0 aromatic carbocycles. The average molecular weight is 169 g/mol. The first-order valence-corrected chi connectivity index (χ1v) is 3.72. The van der Waals surface area contributed by atoms with Crippen LogP contribution in [-0.2, 0) is 4.79 Å². The van der Waals surface area contributed by atoms with Gasteiger partial charge >= 0.3 is 5.97 Å². The minimum absolute atomic E-state index is 0.345. The standard InChI is InChI=1S/C8H11NO3/c9-4-3-6(8(10)11)7-2-1-5-12-7/h1-2,5-6H,3-4,9H2,(H,10,11). The maximum atomic E-state index is 10.7. The van der Waals surface area contributed by atoms with Gasteiger partial charge in [0.1, 0.15) is 11.7 Å². The van der Waals surface area contributed by atoms with Gasteiger partial charge < -0.3 is 15.3 Å². The topological polar surface area (TPSA) is 76.5 Å². The molecule has 1 heterocycles. The number of hydrogen-bond acceptors (Lipinski definition) is 3. The molecule has 12 heavy (non-hydrogen) atoms. The molecule has 1 atom stereocenters. The highest BCUT2D eigenvalue weighted by Gasteiger charge is 2.20. The van der Waals surface area contributed by atoms with Crippen LogP contribution < -0.4 is 5.73 Å². The molecule has 1 aromatic rings. The fraction of sp³-hybridized carbons (Fsp3) is 0.375. The second kappa shape index (κ2) is 3.92. The van der Waals surface area contributed by atoms with Crippen molar-refractivity contribution in [3.63, 3.8) is 0 Å². The zero-order chi connectivity index (χ0) is 8.97. The highest BCUT2D eigenvalue weighted by atomic mass is 16.4. The van der Waals surface area contributed by atoms with E-state index >= 15 is 0 Å². The van der Waals surface area contributed by atoms with Crippen molar-refractivity contribution in [1.29, 1.82) is 0 Å². The van der Waals surface area contributed by atoms with Crippen LogP contribution in [-0.4, -0.2) is 17.6 Å². The lowest BCUT2D eigenvalue weighted by Crippen LogP contribution is -2.15. The molecule has 0 amide bonds. The van der Waals surface area contributed by atoms with E-state index in [4.69, 9.17) is 15.3 Å². The van der Waals surface area contributed by atoms with Gasteiger partial charge in [0.2, 0.25) is 0 Å². The van der Waals surface area contributed by atoms with E-state index in [9.17, 15) is 4.79 Å². The van der Waals surface area contributed by atoms with Crippen molar-refractivity contribution >= 4 is 5.97 Å².